The first-order valence-electron chi connectivity index (χ1n) is 5.49. The van der Waals surface area contributed by atoms with Gasteiger partial charge in [-0.2, -0.15) is 0 Å². The Balaban J connectivity index is 2.43. The van der Waals surface area contributed by atoms with Crippen LogP contribution in [0.4, 0.5) is 0 Å². The predicted molar refractivity (Wildman–Crippen MR) is 73.5 cm³/mol. The van der Waals surface area contributed by atoms with Crippen molar-refractivity contribution in [1.82, 2.24) is 10.2 Å². The largest absolute Gasteiger partial charge is 0.352 e. The molecule has 1 aromatic heterocycles. The molecule has 1 aromatic rings. The first-order chi connectivity index (χ1) is 8.15. The lowest BCUT2D eigenvalue weighted by Gasteiger charge is -2.18. The van der Waals surface area contributed by atoms with Crippen LogP contribution >= 0.6 is 22.9 Å². The second-order valence-electron chi connectivity index (χ2n) is 3.60. The van der Waals surface area contributed by atoms with Crippen LogP contribution < -0.4 is 5.32 Å². The van der Waals surface area contributed by atoms with E-state index >= 15 is 0 Å². The summed E-state index contributed by atoms with van der Waals surface area (Å²) in [5.74, 6) is 0.0226. The van der Waals surface area contributed by atoms with Gasteiger partial charge in [0.05, 0.1) is 10.9 Å². The number of halogens is 1. The molecule has 1 N–H and O–H groups in total. The third-order valence-electron chi connectivity index (χ3n) is 2.27. The highest BCUT2D eigenvalue weighted by Crippen LogP contribution is 2.22. The monoisotopic (exact) mass is 272 g/mol. The molecule has 5 heteroatoms. The Hall–Kier alpha value is -0.840. The number of carbonyl (C=O) groups excluding carboxylic acids is 1. The van der Waals surface area contributed by atoms with Gasteiger partial charge in [0.15, 0.2) is 0 Å². The van der Waals surface area contributed by atoms with Gasteiger partial charge < -0.3 is 5.32 Å². The Morgan fingerprint density at radius 2 is 2.41 bits per heavy atom. The fraction of sp³-hybridized carbons (Fsp3) is 0.417. The van der Waals surface area contributed by atoms with E-state index in [-0.39, 0.29) is 5.91 Å². The highest BCUT2D eigenvalue weighted by atomic mass is 35.5. The fourth-order valence-corrected chi connectivity index (χ4v) is 2.51. The van der Waals surface area contributed by atoms with Gasteiger partial charge in [0.1, 0.15) is 0 Å². The molecule has 94 valence electrons. The molecule has 0 saturated carbocycles. The minimum Gasteiger partial charge on any atom is -0.352 e. The number of hydrogen-bond donors (Lipinski definition) is 1. The van der Waals surface area contributed by atoms with Crippen molar-refractivity contribution in [3.63, 3.8) is 0 Å². The van der Waals surface area contributed by atoms with Crippen molar-refractivity contribution in [2.45, 2.75) is 13.5 Å². The van der Waals surface area contributed by atoms with Crippen LogP contribution in [0.1, 0.15) is 11.8 Å². The van der Waals surface area contributed by atoms with Gasteiger partial charge in [-0.3, -0.25) is 9.69 Å². The van der Waals surface area contributed by atoms with E-state index in [1.54, 1.807) is 17.4 Å². The molecule has 0 radical (unpaired) electrons. The van der Waals surface area contributed by atoms with E-state index in [1.165, 1.54) is 4.88 Å². The van der Waals surface area contributed by atoms with Crippen molar-refractivity contribution in [3.05, 3.63) is 34.0 Å². The third kappa shape index (κ3) is 5.35. The van der Waals surface area contributed by atoms with Gasteiger partial charge in [0.2, 0.25) is 5.91 Å². The third-order valence-corrected chi connectivity index (χ3v) is 3.48. The van der Waals surface area contributed by atoms with Gasteiger partial charge in [0.25, 0.3) is 0 Å². The molecule has 17 heavy (non-hydrogen) atoms. The van der Waals surface area contributed by atoms with Crippen LogP contribution in [0.25, 0.3) is 0 Å². The molecular weight excluding hydrogens is 256 g/mol. The highest BCUT2D eigenvalue weighted by Gasteiger charge is 2.10. The van der Waals surface area contributed by atoms with Crippen LogP contribution in [0.2, 0.25) is 4.34 Å². The molecule has 0 fully saturated rings. The molecule has 0 bridgehead atoms. The van der Waals surface area contributed by atoms with Gasteiger partial charge in [-0.05, 0) is 18.7 Å². The molecule has 0 aliphatic rings. The molecule has 3 nitrogen and oxygen atoms in total. The smallest absolute Gasteiger partial charge is 0.234 e. The Kier molecular flexibility index (Phi) is 6.26. The van der Waals surface area contributed by atoms with Gasteiger partial charge in [0, 0.05) is 18.0 Å². The van der Waals surface area contributed by atoms with Crippen LogP contribution in [0.15, 0.2) is 24.8 Å². The Bertz CT molecular complexity index is 378. The van der Waals surface area contributed by atoms with Crippen molar-refractivity contribution in [2.24, 2.45) is 0 Å². The number of rotatable bonds is 7. The normalized spacial score (nSPS) is 10.5. The topological polar surface area (TPSA) is 32.3 Å². The number of carbonyl (C=O) groups is 1. The van der Waals surface area contributed by atoms with Crippen LogP contribution in [-0.4, -0.2) is 30.4 Å². The van der Waals surface area contributed by atoms with Crippen LogP contribution in [0.3, 0.4) is 0 Å². The lowest BCUT2D eigenvalue weighted by molar-refractivity contribution is -0.122. The summed E-state index contributed by atoms with van der Waals surface area (Å²) in [5.41, 5.74) is 0. The maximum atomic E-state index is 11.5. The summed E-state index contributed by atoms with van der Waals surface area (Å²) >= 11 is 7.42. The van der Waals surface area contributed by atoms with E-state index in [9.17, 15) is 4.79 Å². The lowest BCUT2D eigenvalue weighted by atomic mass is 10.4. The lowest BCUT2D eigenvalue weighted by Crippen LogP contribution is -2.36. The molecule has 1 heterocycles. The molecule has 1 amide bonds. The zero-order valence-corrected chi connectivity index (χ0v) is 11.5. The molecule has 0 unspecified atom stereocenters. The molecule has 0 aliphatic carbocycles. The fourth-order valence-electron chi connectivity index (χ4n) is 1.38. The maximum Gasteiger partial charge on any atom is 0.234 e. The van der Waals surface area contributed by atoms with Gasteiger partial charge >= 0.3 is 0 Å². The van der Waals surface area contributed by atoms with E-state index < -0.39 is 0 Å². The van der Waals surface area contributed by atoms with E-state index in [0.717, 1.165) is 17.4 Å². The van der Waals surface area contributed by atoms with E-state index in [0.29, 0.717) is 13.1 Å². The summed E-state index contributed by atoms with van der Waals surface area (Å²) in [6, 6.07) is 3.88. The van der Waals surface area contributed by atoms with E-state index in [1.807, 2.05) is 19.1 Å². The number of hydrogen-bond acceptors (Lipinski definition) is 3. The quantitative estimate of drug-likeness (QED) is 0.774. The number of nitrogens with zero attached hydrogens (tertiary/aromatic N) is 1. The summed E-state index contributed by atoms with van der Waals surface area (Å²) in [6.07, 6.45) is 1.67. The standard InChI is InChI=1S/C12H17ClN2OS/c1-3-7-14-12(16)9-15(4-2)8-10-5-6-11(13)17-10/h3,5-6H,1,4,7-9H2,2H3,(H,14,16). The minimum absolute atomic E-state index is 0.0226. The molecule has 0 aliphatic heterocycles. The summed E-state index contributed by atoms with van der Waals surface area (Å²) in [7, 11) is 0. The first-order valence-corrected chi connectivity index (χ1v) is 6.69. The maximum absolute atomic E-state index is 11.5. The molecule has 0 saturated heterocycles. The second-order valence-corrected chi connectivity index (χ2v) is 5.40. The number of nitrogens with one attached hydrogen (secondary N) is 1. The van der Waals surface area contributed by atoms with Gasteiger partial charge in [-0.25, -0.2) is 0 Å². The SMILES string of the molecule is C=CCNC(=O)CN(CC)Cc1ccc(Cl)s1. The summed E-state index contributed by atoms with van der Waals surface area (Å²) in [6.45, 7) is 8.11. The highest BCUT2D eigenvalue weighted by molar-refractivity contribution is 7.16. The molecule has 0 spiro atoms. The second kappa shape index (κ2) is 7.48. The first kappa shape index (κ1) is 14.2. The summed E-state index contributed by atoms with van der Waals surface area (Å²) < 4.78 is 0.784. The van der Waals surface area contributed by atoms with Crippen molar-refractivity contribution < 1.29 is 4.79 Å². The zero-order valence-electron chi connectivity index (χ0n) is 9.91. The molecule has 0 aromatic carbocycles. The van der Waals surface area contributed by atoms with Gasteiger partial charge in [-0.15, -0.1) is 17.9 Å². The average Bonchev–Trinajstić information content (AvgIpc) is 2.71. The van der Waals surface area contributed by atoms with Crippen LogP contribution in [0, 0.1) is 0 Å². The molecule has 1 rings (SSSR count). The van der Waals surface area contributed by atoms with E-state index in [4.69, 9.17) is 11.6 Å². The summed E-state index contributed by atoms with van der Waals surface area (Å²) in [4.78, 5) is 14.8. The molecular formula is C12H17ClN2OS. The Morgan fingerprint density at radius 3 is 2.94 bits per heavy atom. The zero-order chi connectivity index (χ0) is 12.7. The Morgan fingerprint density at radius 1 is 1.65 bits per heavy atom. The average molecular weight is 273 g/mol. The number of amides is 1. The summed E-state index contributed by atoms with van der Waals surface area (Å²) in [5, 5.41) is 2.77. The van der Waals surface area contributed by atoms with Crippen molar-refractivity contribution >= 4 is 28.8 Å². The van der Waals surface area contributed by atoms with Crippen LogP contribution in [0.5, 0.6) is 0 Å². The number of thiophene rings is 1. The van der Waals surface area contributed by atoms with Crippen molar-refractivity contribution in [1.29, 1.82) is 0 Å². The van der Waals surface area contributed by atoms with Gasteiger partial charge in [-0.1, -0.05) is 24.6 Å². The van der Waals surface area contributed by atoms with Crippen LogP contribution in [-0.2, 0) is 11.3 Å². The van der Waals surface area contributed by atoms with Crippen molar-refractivity contribution in [2.75, 3.05) is 19.6 Å². The Labute approximate surface area is 111 Å². The molecule has 0 atom stereocenters. The van der Waals surface area contributed by atoms with Crippen molar-refractivity contribution in [3.8, 4) is 0 Å². The van der Waals surface area contributed by atoms with E-state index in [2.05, 4.69) is 16.8 Å². The number of likely N-dealkylation sites (N-methyl/N-ethyl adjacent to an activating group) is 1. The minimum atomic E-state index is 0.0226. The predicted octanol–water partition coefficient (Wildman–Crippen LogP) is 2.53.